The highest BCUT2D eigenvalue weighted by atomic mass is 32.1. The molecule has 0 spiro atoms. The zero-order chi connectivity index (χ0) is 15.2. The van der Waals surface area contributed by atoms with Crippen LogP contribution < -0.4 is 11.3 Å². The first-order valence-corrected chi connectivity index (χ1v) is 8.48. The summed E-state index contributed by atoms with van der Waals surface area (Å²) >= 11 is 1.62. The first kappa shape index (κ1) is 16.1. The molecular formula is C15H25N5S. The molecule has 0 aliphatic carbocycles. The van der Waals surface area contributed by atoms with Crippen molar-refractivity contribution < 1.29 is 0 Å². The zero-order valence-corrected chi connectivity index (χ0v) is 13.9. The molecule has 2 aromatic rings. The Morgan fingerprint density at radius 3 is 2.81 bits per heavy atom. The molecule has 0 saturated heterocycles. The molecule has 0 atom stereocenters. The van der Waals surface area contributed by atoms with Gasteiger partial charge in [0.2, 0.25) is 0 Å². The second-order valence-corrected chi connectivity index (χ2v) is 6.44. The molecule has 0 amide bonds. The Kier molecular flexibility index (Phi) is 5.90. The van der Waals surface area contributed by atoms with Gasteiger partial charge in [-0.05, 0) is 38.3 Å². The summed E-state index contributed by atoms with van der Waals surface area (Å²) in [6.07, 6.45) is 3.73. The average molecular weight is 307 g/mol. The number of hydrogen-bond acceptors (Lipinski definition) is 6. The Morgan fingerprint density at radius 2 is 2.14 bits per heavy atom. The summed E-state index contributed by atoms with van der Waals surface area (Å²) in [5, 5.41) is 3.01. The summed E-state index contributed by atoms with van der Waals surface area (Å²) in [7, 11) is 0. The number of unbranched alkanes of at least 4 members (excludes halogenated alkanes) is 2. The molecule has 0 saturated carbocycles. The first-order chi connectivity index (χ1) is 10.2. The number of thiophene rings is 1. The molecule has 0 aliphatic heterocycles. The van der Waals surface area contributed by atoms with Crippen molar-refractivity contribution in [2.24, 2.45) is 5.84 Å². The molecule has 0 aromatic carbocycles. The predicted octanol–water partition coefficient (Wildman–Crippen LogP) is 3.38. The van der Waals surface area contributed by atoms with E-state index in [0.29, 0.717) is 11.9 Å². The van der Waals surface area contributed by atoms with E-state index in [9.17, 15) is 0 Å². The molecular weight excluding hydrogens is 282 g/mol. The van der Waals surface area contributed by atoms with Gasteiger partial charge in [0, 0.05) is 6.04 Å². The van der Waals surface area contributed by atoms with E-state index in [1.165, 1.54) is 19.3 Å². The lowest BCUT2D eigenvalue weighted by Gasteiger charge is -2.25. The number of rotatable bonds is 8. The van der Waals surface area contributed by atoms with Gasteiger partial charge in [-0.25, -0.2) is 15.8 Å². The monoisotopic (exact) mass is 307 g/mol. The normalized spacial score (nSPS) is 11.7. The van der Waals surface area contributed by atoms with Crippen LogP contribution in [0.3, 0.4) is 0 Å². The van der Waals surface area contributed by atoms with Crippen LogP contribution in [0.5, 0.6) is 0 Å². The van der Waals surface area contributed by atoms with Gasteiger partial charge in [0.1, 0.15) is 10.7 Å². The van der Waals surface area contributed by atoms with Gasteiger partial charge in [-0.15, -0.1) is 11.3 Å². The number of hydrogen-bond donors (Lipinski definition) is 2. The molecule has 0 bridgehead atoms. The van der Waals surface area contributed by atoms with Crippen LogP contribution >= 0.6 is 11.3 Å². The van der Waals surface area contributed by atoms with Crippen LogP contribution in [0, 0.1) is 0 Å². The highest BCUT2D eigenvalue weighted by Gasteiger charge is 2.14. The van der Waals surface area contributed by atoms with Gasteiger partial charge in [0.15, 0.2) is 5.82 Å². The molecule has 5 nitrogen and oxygen atoms in total. The Bertz CT molecular complexity index is 566. The van der Waals surface area contributed by atoms with Crippen molar-refractivity contribution in [3.8, 4) is 0 Å². The zero-order valence-electron chi connectivity index (χ0n) is 13.1. The Morgan fingerprint density at radius 1 is 1.33 bits per heavy atom. The lowest BCUT2D eigenvalue weighted by atomic mass is 10.2. The van der Waals surface area contributed by atoms with Crippen LogP contribution in [0.4, 0.5) is 5.82 Å². The molecule has 0 aliphatic rings. The third-order valence-electron chi connectivity index (χ3n) is 3.63. The molecule has 3 N–H and O–H groups in total. The van der Waals surface area contributed by atoms with Gasteiger partial charge >= 0.3 is 0 Å². The highest BCUT2D eigenvalue weighted by molar-refractivity contribution is 7.16. The maximum Gasteiger partial charge on any atom is 0.152 e. The SMILES string of the molecule is CCCCCN(Cc1nc(NN)c2ccsc2n1)C(C)C. The van der Waals surface area contributed by atoms with Gasteiger partial charge in [0.25, 0.3) is 0 Å². The Balaban J connectivity index is 2.15. The van der Waals surface area contributed by atoms with Gasteiger partial charge in [-0.3, -0.25) is 4.90 Å². The van der Waals surface area contributed by atoms with Crippen molar-refractivity contribution in [1.29, 1.82) is 0 Å². The molecule has 6 heteroatoms. The lowest BCUT2D eigenvalue weighted by molar-refractivity contribution is 0.203. The second-order valence-electron chi connectivity index (χ2n) is 5.54. The van der Waals surface area contributed by atoms with Crippen LogP contribution in [0.2, 0.25) is 0 Å². The largest absolute Gasteiger partial charge is 0.308 e. The van der Waals surface area contributed by atoms with Gasteiger partial charge in [-0.1, -0.05) is 19.8 Å². The molecule has 2 aromatic heterocycles. The van der Waals surface area contributed by atoms with E-state index >= 15 is 0 Å². The van der Waals surface area contributed by atoms with Crippen LogP contribution in [-0.4, -0.2) is 27.5 Å². The van der Waals surface area contributed by atoms with Crippen LogP contribution in [0.15, 0.2) is 11.4 Å². The maximum absolute atomic E-state index is 5.58. The summed E-state index contributed by atoms with van der Waals surface area (Å²) in [4.78, 5) is 12.6. The summed E-state index contributed by atoms with van der Waals surface area (Å²) < 4.78 is 0. The minimum absolute atomic E-state index is 0.485. The predicted molar refractivity (Wildman–Crippen MR) is 90.3 cm³/mol. The Hall–Kier alpha value is -1.24. The van der Waals surface area contributed by atoms with Gasteiger partial charge in [-0.2, -0.15) is 0 Å². The number of nitrogens with zero attached hydrogens (tertiary/aromatic N) is 3. The molecule has 0 unspecified atom stereocenters. The number of nitrogen functional groups attached to an aromatic ring is 1. The lowest BCUT2D eigenvalue weighted by Crippen LogP contribution is -2.32. The van der Waals surface area contributed by atoms with Gasteiger partial charge in [0.05, 0.1) is 11.9 Å². The topological polar surface area (TPSA) is 67.1 Å². The van der Waals surface area contributed by atoms with E-state index in [4.69, 9.17) is 5.84 Å². The molecule has 116 valence electrons. The van der Waals surface area contributed by atoms with Crippen molar-refractivity contribution >= 4 is 27.4 Å². The van der Waals surface area contributed by atoms with E-state index in [1.807, 2.05) is 11.4 Å². The first-order valence-electron chi connectivity index (χ1n) is 7.60. The van der Waals surface area contributed by atoms with E-state index in [0.717, 1.165) is 29.1 Å². The molecule has 0 fully saturated rings. The highest BCUT2D eigenvalue weighted by Crippen LogP contribution is 2.24. The number of hydrazine groups is 1. The third-order valence-corrected chi connectivity index (χ3v) is 4.44. The van der Waals surface area contributed by atoms with Crippen LogP contribution in [-0.2, 0) is 6.54 Å². The summed E-state index contributed by atoms with van der Waals surface area (Å²) in [6.45, 7) is 8.52. The minimum atomic E-state index is 0.485. The third kappa shape index (κ3) is 4.12. The standard InChI is InChI=1S/C15H25N5S/c1-4-5-6-8-20(11(2)3)10-13-17-14(19-16)12-7-9-21-15(12)18-13/h7,9,11H,4-6,8,10,16H2,1-3H3,(H,17,18,19). The van der Waals surface area contributed by atoms with Crippen molar-refractivity contribution in [3.63, 3.8) is 0 Å². The van der Waals surface area contributed by atoms with Crippen molar-refractivity contribution in [3.05, 3.63) is 17.3 Å². The summed E-state index contributed by atoms with van der Waals surface area (Å²) in [5.41, 5.74) is 2.69. The molecule has 0 radical (unpaired) electrons. The number of anilines is 1. The fourth-order valence-electron chi connectivity index (χ4n) is 2.35. The fraction of sp³-hybridized carbons (Fsp3) is 0.600. The quantitative estimate of drug-likeness (QED) is 0.444. The average Bonchev–Trinajstić information content (AvgIpc) is 2.93. The number of nitrogens with two attached hydrogens (primary N) is 1. The fourth-order valence-corrected chi connectivity index (χ4v) is 3.13. The van der Waals surface area contributed by atoms with E-state index in [-0.39, 0.29) is 0 Å². The van der Waals surface area contributed by atoms with E-state index in [1.54, 1.807) is 11.3 Å². The van der Waals surface area contributed by atoms with E-state index < -0.39 is 0 Å². The smallest absolute Gasteiger partial charge is 0.152 e. The molecule has 2 heterocycles. The van der Waals surface area contributed by atoms with Crippen molar-refractivity contribution in [1.82, 2.24) is 14.9 Å². The Labute approximate surface area is 130 Å². The maximum atomic E-state index is 5.58. The number of aromatic nitrogens is 2. The molecule has 21 heavy (non-hydrogen) atoms. The minimum Gasteiger partial charge on any atom is -0.308 e. The van der Waals surface area contributed by atoms with E-state index in [2.05, 4.69) is 41.1 Å². The summed E-state index contributed by atoms with van der Waals surface area (Å²) in [6, 6.07) is 2.49. The number of fused-ring (bicyclic) bond motifs is 1. The molecule has 2 rings (SSSR count). The van der Waals surface area contributed by atoms with Crippen molar-refractivity contribution in [2.45, 2.75) is 52.6 Å². The summed E-state index contributed by atoms with van der Waals surface area (Å²) in [5.74, 6) is 7.14. The second kappa shape index (κ2) is 7.68. The number of nitrogens with one attached hydrogen (secondary N) is 1. The van der Waals surface area contributed by atoms with Crippen LogP contribution in [0.25, 0.3) is 10.2 Å². The van der Waals surface area contributed by atoms with Crippen LogP contribution in [0.1, 0.15) is 45.9 Å². The van der Waals surface area contributed by atoms with Gasteiger partial charge < -0.3 is 5.43 Å². The van der Waals surface area contributed by atoms with Crippen molar-refractivity contribution in [2.75, 3.05) is 12.0 Å².